The lowest BCUT2D eigenvalue weighted by atomic mass is 9.98. The van der Waals surface area contributed by atoms with E-state index in [9.17, 15) is 4.79 Å². The topological polar surface area (TPSA) is 84.6 Å². The number of carbonyl (C=O) groups is 1. The van der Waals surface area contributed by atoms with E-state index >= 15 is 0 Å². The molecular formula is C16H25N5O2. The van der Waals surface area contributed by atoms with Crippen molar-refractivity contribution in [3.05, 3.63) is 11.8 Å². The lowest BCUT2D eigenvalue weighted by molar-refractivity contribution is -0.133. The number of hydrogen-bond donors (Lipinski definition) is 1. The minimum atomic E-state index is 0.249. The van der Waals surface area contributed by atoms with Crippen molar-refractivity contribution in [2.24, 2.45) is 5.92 Å². The second-order valence-electron chi connectivity index (χ2n) is 6.38. The van der Waals surface area contributed by atoms with E-state index in [1.54, 1.807) is 0 Å². The molecule has 7 nitrogen and oxygen atoms in total. The molecule has 126 valence electrons. The number of aromatic nitrogens is 2. The maximum atomic E-state index is 12.4. The third-order valence-corrected chi connectivity index (χ3v) is 4.53. The van der Waals surface area contributed by atoms with Gasteiger partial charge in [-0.1, -0.05) is 0 Å². The molecule has 0 bridgehead atoms. The van der Waals surface area contributed by atoms with Crippen molar-refractivity contribution in [1.82, 2.24) is 14.9 Å². The molecule has 1 aromatic heterocycles. The highest BCUT2D eigenvalue weighted by molar-refractivity contribution is 5.76. The number of nitrogens with zero attached hydrogens (tertiary/aromatic N) is 4. The van der Waals surface area contributed by atoms with Crippen LogP contribution in [0.4, 0.5) is 11.8 Å². The van der Waals surface area contributed by atoms with E-state index in [1.807, 2.05) is 17.9 Å². The maximum Gasteiger partial charge on any atom is 0.223 e. The van der Waals surface area contributed by atoms with Gasteiger partial charge in [0.25, 0.3) is 0 Å². The Kier molecular flexibility index (Phi) is 4.95. The highest BCUT2D eigenvalue weighted by Crippen LogP contribution is 2.20. The molecule has 2 N–H and O–H groups in total. The van der Waals surface area contributed by atoms with Crippen molar-refractivity contribution in [2.75, 3.05) is 50.0 Å². The van der Waals surface area contributed by atoms with Crippen LogP contribution < -0.4 is 10.6 Å². The molecule has 2 saturated heterocycles. The van der Waals surface area contributed by atoms with Crippen molar-refractivity contribution in [3.8, 4) is 0 Å². The van der Waals surface area contributed by atoms with Gasteiger partial charge >= 0.3 is 0 Å². The van der Waals surface area contributed by atoms with Crippen LogP contribution in [0.3, 0.4) is 0 Å². The summed E-state index contributed by atoms with van der Waals surface area (Å²) in [6.07, 6.45) is 2.78. The molecule has 1 amide bonds. The average Bonchev–Trinajstić information content (AvgIpc) is 2.55. The lowest BCUT2D eigenvalue weighted by Crippen LogP contribution is -2.49. The summed E-state index contributed by atoms with van der Waals surface area (Å²) in [5.74, 6) is 1.79. The maximum absolute atomic E-state index is 12.4. The van der Waals surface area contributed by atoms with Gasteiger partial charge in [-0.2, -0.15) is 4.98 Å². The summed E-state index contributed by atoms with van der Waals surface area (Å²) in [5, 5.41) is 0. The van der Waals surface area contributed by atoms with Crippen LogP contribution in [0.5, 0.6) is 0 Å². The molecule has 23 heavy (non-hydrogen) atoms. The van der Waals surface area contributed by atoms with E-state index in [-0.39, 0.29) is 5.91 Å². The van der Waals surface area contributed by atoms with E-state index in [0.717, 1.165) is 63.7 Å². The highest BCUT2D eigenvalue weighted by Gasteiger charge is 2.25. The van der Waals surface area contributed by atoms with Crippen molar-refractivity contribution in [2.45, 2.75) is 26.2 Å². The van der Waals surface area contributed by atoms with Gasteiger partial charge in [-0.05, 0) is 25.7 Å². The Labute approximate surface area is 136 Å². The number of amides is 1. The molecule has 1 aromatic rings. The van der Waals surface area contributed by atoms with Gasteiger partial charge in [0.2, 0.25) is 11.9 Å². The van der Waals surface area contributed by atoms with Crippen LogP contribution in [-0.2, 0) is 9.53 Å². The number of piperazine rings is 1. The minimum absolute atomic E-state index is 0.249. The summed E-state index contributed by atoms with van der Waals surface area (Å²) >= 11 is 0. The van der Waals surface area contributed by atoms with Crippen molar-refractivity contribution in [3.63, 3.8) is 0 Å². The third kappa shape index (κ3) is 4.10. The molecule has 0 unspecified atom stereocenters. The smallest absolute Gasteiger partial charge is 0.223 e. The molecule has 2 aliphatic heterocycles. The fourth-order valence-electron chi connectivity index (χ4n) is 3.27. The van der Waals surface area contributed by atoms with E-state index < -0.39 is 0 Å². The summed E-state index contributed by atoms with van der Waals surface area (Å²) < 4.78 is 5.46. The van der Waals surface area contributed by atoms with Crippen molar-refractivity contribution < 1.29 is 9.53 Å². The second kappa shape index (κ2) is 7.12. The van der Waals surface area contributed by atoms with Crippen LogP contribution >= 0.6 is 0 Å². The molecule has 7 heteroatoms. The van der Waals surface area contributed by atoms with Crippen LogP contribution in [-0.4, -0.2) is 60.2 Å². The van der Waals surface area contributed by atoms with Crippen molar-refractivity contribution in [1.29, 1.82) is 0 Å². The summed E-state index contributed by atoms with van der Waals surface area (Å²) in [6.45, 7) is 6.50. The van der Waals surface area contributed by atoms with Gasteiger partial charge < -0.3 is 20.3 Å². The lowest BCUT2D eigenvalue weighted by Gasteiger charge is -2.36. The summed E-state index contributed by atoms with van der Waals surface area (Å²) in [4.78, 5) is 24.9. The molecule has 0 spiro atoms. The summed E-state index contributed by atoms with van der Waals surface area (Å²) in [7, 11) is 0. The normalized spacial score (nSPS) is 22.2. The molecule has 1 atom stereocenters. The van der Waals surface area contributed by atoms with Crippen LogP contribution in [0.25, 0.3) is 0 Å². The first-order valence-electron chi connectivity index (χ1n) is 8.33. The molecular weight excluding hydrogens is 294 g/mol. The fourth-order valence-corrected chi connectivity index (χ4v) is 3.27. The summed E-state index contributed by atoms with van der Waals surface area (Å²) in [6, 6.07) is 1.94. The quantitative estimate of drug-likeness (QED) is 0.888. The number of nitrogens with two attached hydrogens (primary N) is 1. The number of hydrogen-bond acceptors (Lipinski definition) is 6. The van der Waals surface area contributed by atoms with Crippen LogP contribution in [0.1, 0.15) is 25.0 Å². The third-order valence-electron chi connectivity index (χ3n) is 4.53. The second-order valence-corrected chi connectivity index (χ2v) is 6.38. The van der Waals surface area contributed by atoms with Crippen molar-refractivity contribution >= 4 is 17.7 Å². The molecule has 2 aliphatic rings. The highest BCUT2D eigenvalue weighted by atomic mass is 16.5. The van der Waals surface area contributed by atoms with E-state index in [1.165, 1.54) is 0 Å². The number of aryl methyl sites for hydroxylation is 1. The minimum Gasteiger partial charge on any atom is -0.381 e. The standard InChI is InChI=1S/C16H25N5O2/c1-12-9-14(19-16(17)18-12)20-4-6-21(7-5-20)15(22)10-13-3-2-8-23-11-13/h9,13H,2-8,10-11H2,1H3,(H2,17,18,19)/t13-/m1/s1. The Balaban J connectivity index is 1.52. The number of anilines is 2. The van der Waals surface area contributed by atoms with Gasteiger partial charge in [-0.25, -0.2) is 4.98 Å². The van der Waals surface area contributed by atoms with Gasteiger partial charge in [-0.3, -0.25) is 4.79 Å². The van der Waals surface area contributed by atoms with Crippen LogP contribution in [0.2, 0.25) is 0 Å². The Hall–Kier alpha value is -1.89. The number of rotatable bonds is 3. The first-order valence-corrected chi connectivity index (χ1v) is 8.33. The predicted molar refractivity (Wildman–Crippen MR) is 88.1 cm³/mol. The SMILES string of the molecule is Cc1cc(N2CCN(C(=O)C[C@H]3CCCOC3)CC2)nc(N)n1. The number of carbonyl (C=O) groups excluding carboxylic acids is 1. The molecule has 3 heterocycles. The molecule has 0 aromatic carbocycles. The number of ether oxygens (including phenoxy) is 1. The Morgan fingerprint density at radius 3 is 2.78 bits per heavy atom. The Bertz CT molecular complexity index is 531. The average molecular weight is 319 g/mol. The van der Waals surface area contributed by atoms with Gasteiger partial charge in [0.1, 0.15) is 5.82 Å². The zero-order chi connectivity index (χ0) is 16.2. The number of nitrogen functional groups attached to an aromatic ring is 1. The summed E-state index contributed by atoms with van der Waals surface area (Å²) in [5.41, 5.74) is 6.58. The van der Waals surface area contributed by atoms with Gasteiger partial charge in [0.15, 0.2) is 0 Å². The van der Waals surface area contributed by atoms with E-state index in [0.29, 0.717) is 18.3 Å². The molecule has 0 radical (unpaired) electrons. The monoisotopic (exact) mass is 319 g/mol. The molecule has 2 fully saturated rings. The predicted octanol–water partition coefficient (Wildman–Crippen LogP) is 0.833. The zero-order valence-electron chi connectivity index (χ0n) is 13.7. The van der Waals surface area contributed by atoms with Gasteiger partial charge in [0.05, 0.1) is 0 Å². The van der Waals surface area contributed by atoms with Crippen LogP contribution in [0.15, 0.2) is 6.07 Å². The molecule has 0 saturated carbocycles. The van der Waals surface area contributed by atoms with E-state index in [2.05, 4.69) is 14.9 Å². The first kappa shape index (κ1) is 16.0. The van der Waals surface area contributed by atoms with Gasteiger partial charge in [0, 0.05) is 57.6 Å². The first-order chi connectivity index (χ1) is 11.1. The van der Waals surface area contributed by atoms with Gasteiger partial charge in [-0.15, -0.1) is 0 Å². The Morgan fingerprint density at radius 2 is 2.13 bits per heavy atom. The van der Waals surface area contributed by atoms with E-state index in [4.69, 9.17) is 10.5 Å². The Morgan fingerprint density at radius 1 is 1.35 bits per heavy atom. The zero-order valence-corrected chi connectivity index (χ0v) is 13.7. The van der Waals surface area contributed by atoms with Crippen LogP contribution in [0, 0.1) is 12.8 Å². The molecule has 0 aliphatic carbocycles. The largest absolute Gasteiger partial charge is 0.381 e. The molecule has 3 rings (SSSR count). The fraction of sp³-hybridized carbons (Fsp3) is 0.688.